The van der Waals surface area contributed by atoms with E-state index in [2.05, 4.69) is 15.9 Å². The zero-order chi connectivity index (χ0) is 14.6. The largest absolute Gasteiger partial charge is 0.207 e. The summed E-state index contributed by atoms with van der Waals surface area (Å²) in [6.45, 7) is 0. The van der Waals surface area contributed by atoms with E-state index in [1.165, 1.54) is 56.7 Å². The lowest BCUT2D eigenvalue weighted by atomic mass is 9.48. The van der Waals surface area contributed by atoms with E-state index in [9.17, 15) is 8.78 Å². The summed E-state index contributed by atoms with van der Waals surface area (Å²) in [5.41, 5.74) is 0.868. The van der Waals surface area contributed by atoms with Crippen molar-refractivity contribution in [2.75, 3.05) is 0 Å². The van der Waals surface area contributed by atoms with Crippen molar-refractivity contribution in [1.29, 1.82) is 0 Å². The van der Waals surface area contributed by atoms with Crippen molar-refractivity contribution in [3.05, 3.63) is 35.4 Å². The zero-order valence-corrected chi connectivity index (χ0v) is 13.7. The van der Waals surface area contributed by atoms with Gasteiger partial charge in [0, 0.05) is 10.4 Å². The Morgan fingerprint density at radius 2 is 1.62 bits per heavy atom. The summed E-state index contributed by atoms with van der Waals surface area (Å²) < 4.78 is 27.4. The third kappa shape index (κ3) is 2.56. The first-order chi connectivity index (χ1) is 10.0. The molecule has 5 rings (SSSR count). The van der Waals surface area contributed by atoms with Crippen LogP contribution in [-0.4, -0.2) is 0 Å². The molecule has 0 saturated heterocycles. The lowest BCUT2D eigenvalue weighted by Crippen LogP contribution is -2.46. The van der Waals surface area contributed by atoms with Crippen LogP contribution in [0.4, 0.5) is 8.78 Å². The molecule has 1 aromatic carbocycles. The Hall–Kier alpha value is -0.440. The van der Waals surface area contributed by atoms with Crippen molar-refractivity contribution in [3.63, 3.8) is 0 Å². The van der Waals surface area contributed by atoms with E-state index in [1.807, 2.05) is 0 Å². The summed E-state index contributed by atoms with van der Waals surface area (Å²) in [5, 5.41) is 0. The van der Waals surface area contributed by atoms with Crippen LogP contribution in [-0.2, 0) is 0 Å². The molecule has 0 heterocycles. The number of hydrogen-bond acceptors (Lipinski definition) is 0. The molecule has 0 aliphatic heterocycles. The Morgan fingerprint density at radius 1 is 1.05 bits per heavy atom. The van der Waals surface area contributed by atoms with Gasteiger partial charge in [0.15, 0.2) is 0 Å². The van der Waals surface area contributed by atoms with Crippen LogP contribution in [0.3, 0.4) is 0 Å². The summed E-state index contributed by atoms with van der Waals surface area (Å²) in [6, 6.07) is 3.80. The quantitative estimate of drug-likeness (QED) is 0.583. The summed E-state index contributed by atoms with van der Waals surface area (Å²) in [7, 11) is 0. The van der Waals surface area contributed by atoms with E-state index in [0.717, 1.165) is 24.2 Å². The first kappa shape index (κ1) is 14.2. The van der Waals surface area contributed by atoms with Crippen LogP contribution in [0.1, 0.15) is 55.3 Å². The zero-order valence-electron chi connectivity index (χ0n) is 12.1. The third-order valence-corrected chi connectivity index (χ3v) is 6.89. The van der Waals surface area contributed by atoms with E-state index in [4.69, 9.17) is 0 Å². The number of rotatable bonds is 3. The van der Waals surface area contributed by atoms with E-state index in [1.54, 1.807) is 0 Å². The predicted octanol–water partition coefficient (Wildman–Crippen LogP) is 6.01. The molecule has 4 aliphatic carbocycles. The Kier molecular flexibility index (Phi) is 3.40. The lowest BCUT2D eigenvalue weighted by molar-refractivity contribution is -0.0572. The normalized spacial score (nSPS) is 38.7. The molecule has 4 bridgehead atoms. The fourth-order valence-corrected chi connectivity index (χ4v) is 6.82. The minimum absolute atomic E-state index is 0.0653. The standard InChI is InChI=1S/C18H21BrF2/c19-16(15-6-14(20)1-2-17(15)21)10-18-7-11-3-12(8-18)5-13(4-11)9-18/h1-2,6,11-13,16H,3-5,7-10H2. The molecule has 0 amide bonds. The molecule has 0 spiro atoms. The van der Waals surface area contributed by atoms with Gasteiger partial charge in [-0.25, -0.2) is 8.78 Å². The second-order valence-electron chi connectivity index (χ2n) is 7.76. The maximum atomic E-state index is 14.0. The molecule has 0 nitrogen and oxygen atoms in total. The van der Waals surface area contributed by atoms with E-state index >= 15 is 0 Å². The van der Waals surface area contributed by atoms with Crippen LogP contribution >= 0.6 is 15.9 Å². The number of benzene rings is 1. The van der Waals surface area contributed by atoms with Crippen molar-refractivity contribution in [2.45, 2.75) is 49.8 Å². The maximum Gasteiger partial charge on any atom is 0.127 e. The van der Waals surface area contributed by atoms with Gasteiger partial charge < -0.3 is 0 Å². The Labute approximate surface area is 133 Å². The van der Waals surface area contributed by atoms with Crippen LogP contribution in [0.2, 0.25) is 0 Å². The first-order valence-electron chi connectivity index (χ1n) is 8.12. The average Bonchev–Trinajstić information content (AvgIpc) is 2.39. The van der Waals surface area contributed by atoms with Gasteiger partial charge >= 0.3 is 0 Å². The Balaban J connectivity index is 1.56. The summed E-state index contributed by atoms with van der Waals surface area (Å²) in [5.74, 6) is 2.05. The van der Waals surface area contributed by atoms with Gasteiger partial charge in [0.25, 0.3) is 0 Å². The van der Waals surface area contributed by atoms with Crippen LogP contribution < -0.4 is 0 Å². The molecular weight excluding hydrogens is 334 g/mol. The molecule has 4 saturated carbocycles. The van der Waals surface area contributed by atoms with Gasteiger partial charge in [0.05, 0.1) is 0 Å². The van der Waals surface area contributed by atoms with Crippen LogP contribution in [0.15, 0.2) is 18.2 Å². The smallest absolute Gasteiger partial charge is 0.127 e. The van der Waals surface area contributed by atoms with Gasteiger partial charge in [-0.2, -0.15) is 0 Å². The second kappa shape index (κ2) is 5.04. The molecule has 3 heteroatoms. The molecule has 1 aromatic rings. The number of halogens is 3. The van der Waals surface area contributed by atoms with Crippen LogP contribution in [0, 0.1) is 34.8 Å². The molecule has 1 atom stereocenters. The van der Waals surface area contributed by atoms with Crippen molar-refractivity contribution in [1.82, 2.24) is 0 Å². The predicted molar refractivity (Wildman–Crippen MR) is 83.2 cm³/mol. The highest BCUT2D eigenvalue weighted by molar-refractivity contribution is 9.09. The topological polar surface area (TPSA) is 0 Å². The average molecular weight is 355 g/mol. The minimum atomic E-state index is -0.346. The van der Waals surface area contributed by atoms with Crippen molar-refractivity contribution in [3.8, 4) is 0 Å². The fraction of sp³-hybridized carbons (Fsp3) is 0.667. The van der Waals surface area contributed by atoms with Gasteiger partial charge in [-0.15, -0.1) is 0 Å². The van der Waals surface area contributed by atoms with Gasteiger partial charge in [-0.1, -0.05) is 15.9 Å². The highest BCUT2D eigenvalue weighted by Gasteiger charge is 2.51. The molecule has 0 aromatic heterocycles. The molecule has 21 heavy (non-hydrogen) atoms. The summed E-state index contributed by atoms with van der Waals surface area (Å²) in [4.78, 5) is -0.0653. The molecule has 4 fully saturated rings. The summed E-state index contributed by atoms with van der Waals surface area (Å²) >= 11 is 3.65. The third-order valence-electron chi connectivity index (χ3n) is 6.07. The highest BCUT2D eigenvalue weighted by atomic mass is 79.9. The van der Waals surface area contributed by atoms with Gasteiger partial charge in [0.1, 0.15) is 11.6 Å². The highest BCUT2D eigenvalue weighted by Crippen LogP contribution is 2.63. The van der Waals surface area contributed by atoms with Crippen molar-refractivity contribution >= 4 is 15.9 Å². The van der Waals surface area contributed by atoms with Gasteiger partial charge in [-0.3, -0.25) is 0 Å². The molecular formula is C18H21BrF2. The van der Waals surface area contributed by atoms with Crippen LogP contribution in [0.25, 0.3) is 0 Å². The van der Waals surface area contributed by atoms with E-state index < -0.39 is 0 Å². The Bertz CT molecular complexity index is 519. The number of hydrogen-bond donors (Lipinski definition) is 0. The monoisotopic (exact) mass is 354 g/mol. The second-order valence-corrected chi connectivity index (χ2v) is 8.86. The molecule has 0 radical (unpaired) electrons. The van der Waals surface area contributed by atoms with E-state index in [-0.39, 0.29) is 16.5 Å². The molecule has 0 N–H and O–H groups in total. The summed E-state index contributed by atoms with van der Waals surface area (Å²) in [6.07, 6.45) is 9.12. The van der Waals surface area contributed by atoms with Crippen LogP contribution in [0.5, 0.6) is 0 Å². The van der Waals surface area contributed by atoms with E-state index in [0.29, 0.717) is 11.0 Å². The molecule has 114 valence electrons. The van der Waals surface area contributed by atoms with Crippen molar-refractivity contribution < 1.29 is 8.78 Å². The Morgan fingerprint density at radius 3 is 2.19 bits per heavy atom. The van der Waals surface area contributed by atoms with Gasteiger partial charge in [-0.05, 0) is 86.3 Å². The fourth-order valence-electron chi connectivity index (χ4n) is 5.78. The van der Waals surface area contributed by atoms with Gasteiger partial charge in [0.2, 0.25) is 0 Å². The number of alkyl halides is 1. The first-order valence-corrected chi connectivity index (χ1v) is 9.04. The lowest BCUT2D eigenvalue weighted by Gasteiger charge is -2.57. The maximum absolute atomic E-state index is 14.0. The van der Waals surface area contributed by atoms with Crippen molar-refractivity contribution in [2.24, 2.45) is 23.2 Å². The SMILES string of the molecule is Fc1ccc(F)c(C(Br)CC23CC4CC(CC(C4)C2)C3)c1. The molecule has 4 aliphatic rings. The minimum Gasteiger partial charge on any atom is -0.207 e. The molecule has 1 unspecified atom stereocenters.